The summed E-state index contributed by atoms with van der Waals surface area (Å²) in [4.78, 5) is 2.40. The molecule has 0 aromatic heterocycles. The Morgan fingerprint density at radius 1 is 0.880 bits per heavy atom. The van der Waals surface area contributed by atoms with Crippen LogP contribution in [0.1, 0.15) is 42.9 Å². The Kier molecular flexibility index (Phi) is 7.95. The van der Waals surface area contributed by atoms with E-state index in [2.05, 4.69) is 85.0 Å². The van der Waals surface area contributed by atoms with Gasteiger partial charge in [0, 0.05) is 18.6 Å². The summed E-state index contributed by atoms with van der Waals surface area (Å²) < 4.78 is 0. The highest BCUT2D eigenvalue weighted by Crippen LogP contribution is 2.37. The lowest BCUT2D eigenvalue weighted by Gasteiger charge is -2.38. The van der Waals surface area contributed by atoms with Gasteiger partial charge in [-0.2, -0.15) is 0 Å². The first kappa shape index (κ1) is 20.0. The molecule has 136 valence electrons. The van der Waals surface area contributed by atoms with Crippen LogP contribution in [0.4, 0.5) is 0 Å². The summed E-state index contributed by atoms with van der Waals surface area (Å²) in [5.41, 5.74) is 2.85. The lowest BCUT2D eigenvalue weighted by atomic mass is 9.78. The van der Waals surface area contributed by atoms with E-state index >= 15 is 0 Å². The fourth-order valence-electron chi connectivity index (χ4n) is 4.14. The van der Waals surface area contributed by atoms with Crippen molar-refractivity contribution < 1.29 is 0 Å². The summed E-state index contributed by atoms with van der Waals surface area (Å²) >= 11 is 0. The molecule has 1 aliphatic rings. The molecule has 1 unspecified atom stereocenters. The van der Waals surface area contributed by atoms with Gasteiger partial charge < -0.3 is 10.2 Å². The Morgan fingerprint density at radius 3 is 2.00 bits per heavy atom. The van der Waals surface area contributed by atoms with Crippen molar-refractivity contribution in [3.8, 4) is 0 Å². The van der Waals surface area contributed by atoms with E-state index in [0.29, 0.717) is 12.1 Å². The maximum Gasteiger partial charge on any atom is 0.0370 e. The summed E-state index contributed by atoms with van der Waals surface area (Å²) in [6.07, 6.45) is 5.19. The molecule has 1 fully saturated rings. The van der Waals surface area contributed by atoms with Crippen LogP contribution in [0, 0.1) is 5.92 Å². The second kappa shape index (κ2) is 9.96. The number of hydrogen-bond donors (Lipinski definition) is 1. The lowest BCUT2D eigenvalue weighted by molar-refractivity contribution is 0.157. The number of nitrogens with zero attached hydrogens (tertiary/aromatic N) is 1. The third kappa shape index (κ3) is 5.57. The Bertz CT molecular complexity index is 592. The van der Waals surface area contributed by atoms with Crippen LogP contribution >= 0.6 is 12.4 Å². The van der Waals surface area contributed by atoms with E-state index in [9.17, 15) is 0 Å². The molecular weight excluding hydrogens is 328 g/mol. The monoisotopic (exact) mass is 358 g/mol. The average Bonchev–Trinajstić information content (AvgIpc) is 2.63. The van der Waals surface area contributed by atoms with Gasteiger partial charge in [-0.1, -0.05) is 60.7 Å². The average molecular weight is 359 g/mol. The van der Waals surface area contributed by atoms with Crippen molar-refractivity contribution in [2.75, 3.05) is 14.1 Å². The van der Waals surface area contributed by atoms with Crippen molar-refractivity contribution in [1.29, 1.82) is 0 Å². The first-order valence-electron chi connectivity index (χ1n) is 9.22. The fourth-order valence-corrected chi connectivity index (χ4v) is 4.14. The number of hydrogen-bond acceptors (Lipinski definition) is 2. The molecular formula is C22H31ClN2. The Hall–Kier alpha value is -1.35. The van der Waals surface area contributed by atoms with Gasteiger partial charge in [-0.3, -0.25) is 0 Å². The molecule has 2 aromatic carbocycles. The largest absolute Gasteiger partial charge is 0.310 e. The van der Waals surface area contributed by atoms with Crippen molar-refractivity contribution in [2.24, 2.45) is 5.92 Å². The lowest BCUT2D eigenvalue weighted by Crippen LogP contribution is -2.36. The Labute approximate surface area is 159 Å². The molecule has 0 bridgehead atoms. The van der Waals surface area contributed by atoms with Crippen LogP contribution in [-0.4, -0.2) is 25.0 Å². The molecule has 1 aliphatic carbocycles. The second-order valence-corrected chi connectivity index (χ2v) is 7.30. The van der Waals surface area contributed by atoms with Gasteiger partial charge in [0.1, 0.15) is 0 Å². The second-order valence-electron chi connectivity index (χ2n) is 7.30. The van der Waals surface area contributed by atoms with Gasteiger partial charge in [0.25, 0.3) is 0 Å². The van der Waals surface area contributed by atoms with E-state index in [1.165, 1.54) is 36.8 Å². The van der Waals surface area contributed by atoms with Gasteiger partial charge in [0.15, 0.2) is 0 Å². The Morgan fingerprint density at radius 2 is 1.44 bits per heavy atom. The van der Waals surface area contributed by atoms with Crippen molar-refractivity contribution in [2.45, 2.75) is 44.3 Å². The minimum Gasteiger partial charge on any atom is -0.310 e. The highest BCUT2D eigenvalue weighted by molar-refractivity contribution is 5.85. The van der Waals surface area contributed by atoms with Crippen molar-refractivity contribution >= 4 is 12.4 Å². The van der Waals surface area contributed by atoms with Crippen LogP contribution in [0.15, 0.2) is 60.7 Å². The predicted molar refractivity (Wildman–Crippen MR) is 109 cm³/mol. The maximum absolute atomic E-state index is 3.75. The highest BCUT2D eigenvalue weighted by Gasteiger charge is 2.29. The van der Waals surface area contributed by atoms with Crippen LogP contribution in [0.2, 0.25) is 0 Å². The molecule has 2 nitrogen and oxygen atoms in total. The maximum atomic E-state index is 3.75. The molecule has 1 N–H and O–H groups in total. The molecule has 0 radical (unpaired) electrons. The number of nitrogens with one attached hydrogen (secondary N) is 1. The van der Waals surface area contributed by atoms with Crippen LogP contribution in [0.25, 0.3) is 0 Å². The number of rotatable bonds is 6. The van der Waals surface area contributed by atoms with Crippen LogP contribution in [-0.2, 0) is 6.54 Å². The zero-order chi connectivity index (χ0) is 16.8. The predicted octanol–water partition coefficient (Wildman–Crippen LogP) is 5.06. The first-order valence-corrected chi connectivity index (χ1v) is 9.22. The van der Waals surface area contributed by atoms with Crippen LogP contribution < -0.4 is 5.32 Å². The topological polar surface area (TPSA) is 15.3 Å². The minimum absolute atomic E-state index is 0. The smallest absolute Gasteiger partial charge is 0.0370 e. The third-order valence-corrected chi connectivity index (χ3v) is 5.35. The quantitative estimate of drug-likeness (QED) is 0.776. The van der Waals surface area contributed by atoms with E-state index in [-0.39, 0.29) is 12.4 Å². The zero-order valence-electron chi connectivity index (χ0n) is 15.4. The van der Waals surface area contributed by atoms with Gasteiger partial charge >= 0.3 is 0 Å². The van der Waals surface area contributed by atoms with Crippen LogP contribution in [0.3, 0.4) is 0 Å². The SMILES string of the molecule is CN(C)C(c1ccccc1)C1CCC(NCc2ccccc2)CC1.Cl. The Balaban J connectivity index is 0.00000225. The molecule has 0 aliphatic heterocycles. The standard InChI is InChI=1S/C22H30N2.ClH/c1-24(2)22(19-11-7-4-8-12-19)20-13-15-21(16-14-20)23-17-18-9-5-3-6-10-18;/h3-12,20-23H,13-17H2,1-2H3;1H. The van der Waals surface area contributed by atoms with E-state index in [4.69, 9.17) is 0 Å². The van der Waals surface area contributed by atoms with Crippen LogP contribution in [0.5, 0.6) is 0 Å². The summed E-state index contributed by atoms with van der Waals surface area (Å²) in [7, 11) is 4.44. The molecule has 0 heterocycles. The zero-order valence-corrected chi connectivity index (χ0v) is 16.2. The van der Waals surface area contributed by atoms with E-state index in [0.717, 1.165) is 12.5 Å². The molecule has 3 rings (SSSR count). The minimum atomic E-state index is 0. The van der Waals surface area contributed by atoms with Crippen molar-refractivity contribution in [1.82, 2.24) is 10.2 Å². The molecule has 1 saturated carbocycles. The molecule has 1 atom stereocenters. The molecule has 0 saturated heterocycles. The summed E-state index contributed by atoms with van der Waals surface area (Å²) in [5.74, 6) is 0.761. The molecule has 3 heteroatoms. The molecule has 25 heavy (non-hydrogen) atoms. The number of halogens is 1. The van der Waals surface area contributed by atoms with E-state index in [1.807, 2.05) is 0 Å². The first-order chi connectivity index (χ1) is 11.7. The third-order valence-electron chi connectivity index (χ3n) is 5.35. The van der Waals surface area contributed by atoms with Gasteiger partial charge in [-0.15, -0.1) is 12.4 Å². The van der Waals surface area contributed by atoms with Crippen molar-refractivity contribution in [3.05, 3.63) is 71.8 Å². The van der Waals surface area contributed by atoms with Gasteiger partial charge in [0.2, 0.25) is 0 Å². The van der Waals surface area contributed by atoms with E-state index in [1.54, 1.807) is 0 Å². The molecule has 0 spiro atoms. The fraction of sp³-hybridized carbons (Fsp3) is 0.455. The molecule has 2 aromatic rings. The van der Waals surface area contributed by atoms with E-state index < -0.39 is 0 Å². The van der Waals surface area contributed by atoms with Crippen molar-refractivity contribution in [3.63, 3.8) is 0 Å². The molecule has 0 amide bonds. The van der Waals surface area contributed by atoms with Gasteiger partial charge in [0.05, 0.1) is 0 Å². The summed E-state index contributed by atoms with van der Waals surface area (Å²) in [5, 5.41) is 3.75. The number of benzene rings is 2. The summed E-state index contributed by atoms with van der Waals surface area (Å²) in [6, 6.07) is 22.9. The van der Waals surface area contributed by atoms with Gasteiger partial charge in [-0.25, -0.2) is 0 Å². The normalized spacial score (nSPS) is 21.6. The highest BCUT2D eigenvalue weighted by atomic mass is 35.5. The summed E-state index contributed by atoms with van der Waals surface area (Å²) in [6.45, 7) is 0.992. The van der Waals surface area contributed by atoms with Gasteiger partial charge in [-0.05, 0) is 56.8 Å².